The van der Waals surface area contributed by atoms with E-state index >= 15 is 0 Å². The van der Waals surface area contributed by atoms with E-state index in [1.165, 1.54) is 11.8 Å². The minimum absolute atomic E-state index is 0.0576. The number of amides is 2. The minimum atomic E-state index is -0.504. The fourth-order valence-electron chi connectivity index (χ4n) is 3.97. The van der Waals surface area contributed by atoms with Gasteiger partial charge in [0.15, 0.2) is 0 Å². The maximum Gasteiger partial charge on any atom is 0.243 e. The first-order valence-corrected chi connectivity index (χ1v) is 12.5. The number of halogens is 1. The van der Waals surface area contributed by atoms with Crippen molar-refractivity contribution in [3.05, 3.63) is 59.1 Å². The summed E-state index contributed by atoms with van der Waals surface area (Å²) in [6.07, 6.45) is 4.88. The lowest BCUT2D eigenvalue weighted by Crippen LogP contribution is -2.51. The van der Waals surface area contributed by atoms with Gasteiger partial charge >= 0.3 is 0 Å². The summed E-state index contributed by atoms with van der Waals surface area (Å²) in [5.74, 6) is 0.897. The van der Waals surface area contributed by atoms with E-state index in [1.807, 2.05) is 55.5 Å². The van der Waals surface area contributed by atoms with Crippen molar-refractivity contribution in [2.75, 3.05) is 12.9 Å². The van der Waals surface area contributed by atoms with Crippen LogP contribution in [-0.2, 0) is 16.1 Å². The van der Waals surface area contributed by atoms with Gasteiger partial charge in [-0.2, -0.15) is 0 Å². The van der Waals surface area contributed by atoms with Crippen LogP contribution in [-0.4, -0.2) is 41.7 Å². The number of ether oxygens (including phenoxy) is 1. The molecule has 2 amide bonds. The van der Waals surface area contributed by atoms with Crippen LogP contribution in [0.5, 0.6) is 5.75 Å². The number of thioether (sulfide) groups is 1. The standard InChI is InChI=1S/C25H31ClN2O3S/c1-3-23(25(30)27-20-6-4-5-7-20)28(16-18-8-12-21(31-2)13-9-18)24(29)17-32-22-14-10-19(26)11-15-22/h8-15,20,23H,3-7,16-17H2,1-2H3,(H,27,30)/t23-/m0/s1. The summed E-state index contributed by atoms with van der Waals surface area (Å²) in [4.78, 5) is 29.1. The average molecular weight is 475 g/mol. The van der Waals surface area contributed by atoms with E-state index in [4.69, 9.17) is 16.3 Å². The lowest BCUT2D eigenvalue weighted by Gasteiger charge is -2.31. The van der Waals surface area contributed by atoms with Gasteiger partial charge in [-0.05, 0) is 61.2 Å². The number of rotatable bonds is 10. The van der Waals surface area contributed by atoms with E-state index in [9.17, 15) is 9.59 Å². The summed E-state index contributed by atoms with van der Waals surface area (Å²) in [6.45, 7) is 2.33. The minimum Gasteiger partial charge on any atom is -0.497 e. The van der Waals surface area contributed by atoms with E-state index in [0.717, 1.165) is 41.9 Å². The fourth-order valence-corrected chi connectivity index (χ4v) is 4.88. The fraction of sp³-hybridized carbons (Fsp3) is 0.440. The summed E-state index contributed by atoms with van der Waals surface area (Å²) in [5, 5.41) is 3.84. The molecule has 1 atom stereocenters. The third kappa shape index (κ3) is 6.91. The molecular formula is C25H31ClN2O3S. The maximum absolute atomic E-state index is 13.3. The predicted molar refractivity (Wildman–Crippen MR) is 130 cm³/mol. The zero-order valence-corrected chi connectivity index (χ0v) is 20.3. The lowest BCUT2D eigenvalue weighted by molar-refractivity contribution is -0.139. The van der Waals surface area contributed by atoms with Gasteiger partial charge in [-0.15, -0.1) is 11.8 Å². The molecule has 2 aromatic carbocycles. The Hall–Kier alpha value is -2.18. The van der Waals surface area contributed by atoms with Crippen molar-refractivity contribution in [2.24, 2.45) is 0 Å². The van der Waals surface area contributed by atoms with E-state index in [0.29, 0.717) is 18.0 Å². The van der Waals surface area contributed by atoms with Crippen molar-refractivity contribution in [1.82, 2.24) is 10.2 Å². The second-order valence-electron chi connectivity index (χ2n) is 8.03. The van der Waals surface area contributed by atoms with Crippen molar-refractivity contribution >= 4 is 35.2 Å². The summed E-state index contributed by atoms with van der Waals surface area (Å²) < 4.78 is 5.24. The summed E-state index contributed by atoms with van der Waals surface area (Å²) in [5.41, 5.74) is 0.961. The molecule has 5 nitrogen and oxygen atoms in total. The molecule has 2 aromatic rings. The number of nitrogens with one attached hydrogen (secondary N) is 1. The quantitative estimate of drug-likeness (QED) is 0.474. The number of nitrogens with zero attached hydrogens (tertiary/aromatic N) is 1. The molecule has 1 aliphatic rings. The first-order valence-electron chi connectivity index (χ1n) is 11.1. The molecule has 1 aliphatic carbocycles. The van der Waals surface area contributed by atoms with Crippen molar-refractivity contribution < 1.29 is 14.3 Å². The largest absolute Gasteiger partial charge is 0.497 e. The maximum atomic E-state index is 13.3. The van der Waals surface area contributed by atoms with Crippen LogP contribution in [0.4, 0.5) is 0 Å². The smallest absolute Gasteiger partial charge is 0.243 e. The van der Waals surface area contributed by atoms with E-state index in [2.05, 4.69) is 5.32 Å². The molecule has 3 rings (SSSR count). The van der Waals surface area contributed by atoms with Gasteiger partial charge in [0.2, 0.25) is 11.8 Å². The van der Waals surface area contributed by atoms with Crippen molar-refractivity contribution in [3.8, 4) is 5.75 Å². The number of hydrogen-bond acceptors (Lipinski definition) is 4. The van der Waals surface area contributed by atoms with Crippen LogP contribution in [0, 0.1) is 0 Å². The van der Waals surface area contributed by atoms with Gasteiger partial charge in [0.05, 0.1) is 12.9 Å². The highest BCUT2D eigenvalue weighted by Gasteiger charge is 2.30. The van der Waals surface area contributed by atoms with Crippen molar-refractivity contribution in [3.63, 3.8) is 0 Å². The molecule has 0 unspecified atom stereocenters. The first-order chi connectivity index (χ1) is 15.5. The van der Waals surface area contributed by atoms with Gasteiger partial charge in [-0.3, -0.25) is 9.59 Å². The number of methoxy groups -OCH3 is 1. The number of carbonyl (C=O) groups excluding carboxylic acids is 2. The molecule has 0 spiro atoms. The number of benzene rings is 2. The van der Waals surface area contributed by atoms with Crippen LogP contribution >= 0.6 is 23.4 Å². The van der Waals surface area contributed by atoms with Crippen LogP contribution in [0.25, 0.3) is 0 Å². The zero-order chi connectivity index (χ0) is 22.9. The first kappa shape index (κ1) is 24.5. The third-order valence-corrected chi connectivity index (χ3v) is 7.02. The topological polar surface area (TPSA) is 58.6 Å². The summed E-state index contributed by atoms with van der Waals surface area (Å²) in [6, 6.07) is 14.8. The Balaban J connectivity index is 1.74. The molecule has 0 aliphatic heterocycles. The summed E-state index contributed by atoms with van der Waals surface area (Å²) in [7, 11) is 1.62. The Morgan fingerprint density at radius 3 is 2.38 bits per heavy atom. The van der Waals surface area contributed by atoms with Crippen molar-refractivity contribution in [1.29, 1.82) is 0 Å². The Morgan fingerprint density at radius 1 is 1.12 bits per heavy atom. The molecule has 0 aromatic heterocycles. The predicted octanol–water partition coefficient (Wildman–Crippen LogP) is 5.31. The molecule has 32 heavy (non-hydrogen) atoms. The molecule has 0 saturated heterocycles. The van der Waals surface area contributed by atoms with Crippen LogP contribution < -0.4 is 10.1 Å². The molecule has 1 N–H and O–H groups in total. The molecule has 0 heterocycles. The Bertz CT molecular complexity index is 883. The monoisotopic (exact) mass is 474 g/mol. The van der Waals surface area contributed by atoms with Crippen LogP contribution in [0.3, 0.4) is 0 Å². The SMILES string of the molecule is CC[C@@H](C(=O)NC1CCCC1)N(Cc1ccc(OC)cc1)C(=O)CSc1ccc(Cl)cc1. The molecule has 1 fully saturated rings. The molecule has 1 saturated carbocycles. The van der Waals surface area contributed by atoms with Gasteiger partial charge < -0.3 is 15.0 Å². The molecule has 7 heteroatoms. The molecular weight excluding hydrogens is 444 g/mol. The van der Waals surface area contributed by atoms with Crippen LogP contribution in [0.1, 0.15) is 44.6 Å². The van der Waals surface area contributed by atoms with Gasteiger partial charge in [0.1, 0.15) is 11.8 Å². The molecule has 0 radical (unpaired) electrons. The second kappa shape index (κ2) is 12.2. The highest BCUT2D eigenvalue weighted by atomic mass is 35.5. The molecule has 172 valence electrons. The second-order valence-corrected chi connectivity index (χ2v) is 9.51. The lowest BCUT2D eigenvalue weighted by atomic mass is 10.1. The van der Waals surface area contributed by atoms with Gasteiger partial charge in [-0.25, -0.2) is 0 Å². The van der Waals surface area contributed by atoms with Crippen LogP contribution in [0.2, 0.25) is 5.02 Å². The Morgan fingerprint density at radius 2 is 1.78 bits per heavy atom. The van der Waals surface area contributed by atoms with Crippen molar-refractivity contribution in [2.45, 2.75) is 62.6 Å². The Labute approximate surface area is 199 Å². The highest BCUT2D eigenvalue weighted by Crippen LogP contribution is 2.23. The number of carbonyl (C=O) groups is 2. The summed E-state index contributed by atoms with van der Waals surface area (Å²) >= 11 is 7.42. The van der Waals surface area contributed by atoms with E-state index < -0.39 is 6.04 Å². The average Bonchev–Trinajstić information content (AvgIpc) is 3.31. The van der Waals surface area contributed by atoms with Gasteiger partial charge in [-0.1, -0.05) is 43.5 Å². The van der Waals surface area contributed by atoms with Gasteiger partial charge in [0.25, 0.3) is 0 Å². The van der Waals surface area contributed by atoms with Gasteiger partial charge in [0, 0.05) is 22.5 Å². The zero-order valence-electron chi connectivity index (χ0n) is 18.7. The highest BCUT2D eigenvalue weighted by molar-refractivity contribution is 8.00. The third-order valence-electron chi connectivity index (χ3n) is 5.78. The van der Waals surface area contributed by atoms with Crippen LogP contribution in [0.15, 0.2) is 53.4 Å². The molecule has 0 bridgehead atoms. The normalized spacial score (nSPS) is 14.7. The van der Waals surface area contributed by atoms with E-state index in [1.54, 1.807) is 12.0 Å². The van der Waals surface area contributed by atoms with E-state index in [-0.39, 0.29) is 23.6 Å². The number of hydrogen-bond donors (Lipinski definition) is 1. The Kier molecular flexibility index (Phi) is 9.30.